The van der Waals surface area contributed by atoms with Gasteiger partial charge in [0.25, 0.3) is 0 Å². The molecular weight excluding hydrogens is 270 g/mol. The predicted molar refractivity (Wildman–Crippen MR) is 83.2 cm³/mol. The number of aromatic nitrogens is 2. The molecule has 110 valence electrons. The van der Waals surface area contributed by atoms with Crippen LogP contribution in [-0.2, 0) is 0 Å². The third-order valence-electron chi connectivity index (χ3n) is 4.65. The molecule has 20 heavy (non-hydrogen) atoms. The molecule has 0 amide bonds. The Hall–Kier alpha value is -0.830. The maximum Gasteiger partial charge on any atom is 0.135 e. The molecule has 1 N–H and O–H groups in total. The Morgan fingerprint density at radius 3 is 2.60 bits per heavy atom. The van der Waals surface area contributed by atoms with Crippen molar-refractivity contribution < 1.29 is 0 Å². The van der Waals surface area contributed by atoms with Gasteiger partial charge in [0, 0.05) is 18.5 Å². The van der Waals surface area contributed by atoms with Crippen molar-refractivity contribution in [3.63, 3.8) is 0 Å². The first-order chi connectivity index (χ1) is 9.70. The highest BCUT2D eigenvalue weighted by atomic mass is 35.5. The molecule has 0 atom stereocenters. The van der Waals surface area contributed by atoms with Crippen LogP contribution in [0.4, 0.5) is 5.82 Å². The van der Waals surface area contributed by atoms with Gasteiger partial charge in [-0.3, -0.25) is 0 Å². The molecule has 4 heteroatoms. The van der Waals surface area contributed by atoms with E-state index in [9.17, 15) is 0 Å². The number of rotatable bonds is 5. The summed E-state index contributed by atoms with van der Waals surface area (Å²) in [5.41, 5.74) is 0. The summed E-state index contributed by atoms with van der Waals surface area (Å²) in [5, 5.41) is 4.00. The zero-order valence-corrected chi connectivity index (χ0v) is 13.0. The van der Waals surface area contributed by atoms with Crippen LogP contribution in [0.15, 0.2) is 6.07 Å². The largest absolute Gasteiger partial charge is 0.370 e. The van der Waals surface area contributed by atoms with Gasteiger partial charge >= 0.3 is 0 Å². The molecule has 0 unspecified atom stereocenters. The summed E-state index contributed by atoms with van der Waals surface area (Å²) >= 11 is 6.07. The van der Waals surface area contributed by atoms with Crippen LogP contribution in [0.2, 0.25) is 5.15 Å². The highest BCUT2D eigenvalue weighted by Gasteiger charge is 2.27. The fraction of sp³-hybridized carbons (Fsp3) is 0.750. The molecule has 0 aromatic carbocycles. The van der Waals surface area contributed by atoms with Gasteiger partial charge in [-0.25, -0.2) is 9.97 Å². The van der Waals surface area contributed by atoms with Gasteiger partial charge in [0.05, 0.1) is 0 Å². The van der Waals surface area contributed by atoms with Crippen LogP contribution in [0.5, 0.6) is 0 Å². The number of anilines is 1. The monoisotopic (exact) mass is 293 g/mol. The highest BCUT2D eigenvalue weighted by molar-refractivity contribution is 6.29. The minimum Gasteiger partial charge on any atom is -0.370 e. The van der Waals surface area contributed by atoms with Gasteiger partial charge in [-0.05, 0) is 31.1 Å². The van der Waals surface area contributed by atoms with E-state index in [0.29, 0.717) is 11.1 Å². The first-order valence-electron chi connectivity index (χ1n) is 7.99. The molecule has 0 bridgehead atoms. The molecule has 1 heterocycles. The molecule has 3 rings (SSSR count). The molecule has 2 aliphatic carbocycles. The standard InChI is InChI=1S/C16H24ClN3/c1-11-2-4-12(5-3-11)8-9-18-15-10-14(17)19-16(20-15)13-6-7-13/h10-13H,2-9H2,1H3,(H,18,19,20). The fourth-order valence-electron chi connectivity index (χ4n) is 3.07. The van der Waals surface area contributed by atoms with E-state index >= 15 is 0 Å². The van der Waals surface area contributed by atoms with Crippen molar-refractivity contribution in [2.24, 2.45) is 11.8 Å². The van der Waals surface area contributed by atoms with E-state index in [2.05, 4.69) is 22.2 Å². The van der Waals surface area contributed by atoms with Gasteiger partial charge in [0.1, 0.15) is 16.8 Å². The van der Waals surface area contributed by atoms with E-state index in [1.165, 1.54) is 44.9 Å². The van der Waals surface area contributed by atoms with Crippen molar-refractivity contribution in [2.45, 2.75) is 57.8 Å². The van der Waals surface area contributed by atoms with Crippen LogP contribution in [0.3, 0.4) is 0 Å². The van der Waals surface area contributed by atoms with Crippen molar-refractivity contribution in [3.05, 3.63) is 17.0 Å². The van der Waals surface area contributed by atoms with Crippen LogP contribution >= 0.6 is 11.6 Å². The second-order valence-corrected chi connectivity index (χ2v) is 6.94. The third-order valence-corrected chi connectivity index (χ3v) is 4.84. The topological polar surface area (TPSA) is 37.8 Å². The van der Waals surface area contributed by atoms with Crippen LogP contribution in [0, 0.1) is 11.8 Å². The normalized spacial score (nSPS) is 26.5. The van der Waals surface area contributed by atoms with Crippen molar-refractivity contribution in [1.29, 1.82) is 0 Å². The molecule has 0 radical (unpaired) electrons. The van der Waals surface area contributed by atoms with E-state index in [1.54, 1.807) is 0 Å². The first kappa shape index (κ1) is 14.1. The SMILES string of the molecule is CC1CCC(CCNc2cc(Cl)nc(C3CC3)n2)CC1. The van der Waals surface area contributed by atoms with Gasteiger partial charge in [0.2, 0.25) is 0 Å². The second-order valence-electron chi connectivity index (χ2n) is 6.55. The van der Waals surface area contributed by atoms with Crippen LogP contribution in [0.1, 0.15) is 63.6 Å². The van der Waals surface area contributed by atoms with Gasteiger partial charge in [-0.15, -0.1) is 0 Å². The van der Waals surface area contributed by atoms with Gasteiger partial charge in [-0.2, -0.15) is 0 Å². The maximum atomic E-state index is 6.07. The molecule has 2 saturated carbocycles. The third kappa shape index (κ3) is 3.85. The predicted octanol–water partition coefficient (Wildman–Crippen LogP) is 4.64. The van der Waals surface area contributed by atoms with Gasteiger partial charge < -0.3 is 5.32 Å². The van der Waals surface area contributed by atoms with E-state index in [4.69, 9.17) is 11.6 Å². The molecule has 0 spiro atoms. The summed E-state index contributed by atoms with van der Waals surface area (Å²) < 4.78 is 0. The number of nitrogens with zero attached hydrogens (tertiary/aromatic N) is 2. The van der Waals surface area contributed by atoms with Crippen molar-refractivity contribution in [2.75, 3.05) is 11.9 Å². The quantitative estimate of drug-likeness (QED) is 0.804. The van der Waals surface area contributed by atoms with Gasteiger partial charge in [0.15, 0.2) is 0 Å². The lowest BCUT2D eigenvalue weighted by molar-refractivity contribution is 0.282. The zero-order chi connectivity index (χ0) is 13.9. The van der Waals surface area contributed by atoms with E-state index in [1.807, 2.05) is 6.07 Å². The lowest BCUT2D eigenvalue weighted by Crippen LogP contribution is -2.16. The maximum absolute atomic E-state index is 6.07. The number of hydrogen-bond acceptors (Lipinski definition) is 3. The number of nitrogens with one attached hydrogen (secondary N) is 1. The molecule has 2 aliphatic rings. The molecule has 0 aliphatic heterocycles. The van der Waals surface area contributed by atoms with Crippen molar-refractivity contribution in [1.82, 2.24) is 9.97 Å². The minimum absolute atomic E-state index is 0.550. The highest BCUT2D eigenvalue weighted by Crippen LogP contribution is 2.38. The smallest absolute Gasteiger partial charge is 0.135 e. The molecule has 1 aromatic heterocycles. The molecule has 0 saturated heterocycles. The number of hydrogen-bond donors (Lipinski definition) is 1. The van der Waals surface area contributed by atoms with E-state index < -0.39 is 0 Å². The Bertz CT molecular complexity index is 451. The Balaban J connectivity index is 1.48. The van der Waals surface area contributed by atoms with Crippen molar-refractivity contribution in [3.8, 4) is 0 Å². The van der Waals surface area contributed by atoms with E-state index in [-0.39, 0.29) is 0 Å². The summed E-state index contributed by atoms with van der Waals surface area (Å²) in [5.74, 6) is 4.19. The lowest BCUT2D eigenvalue weighted by atomic mass is 9.81. The molecular formula is C16H24ClN3. The van der Waals surface area contributed by atoms with Gasteiger partial charge in [-0.1, -0.05) is 44.2 Å². The van der Waals surface area contributed by atoms with Crippen molar-refractivity contribution >= 4 is 17.4 Å². The molecule has 2 fully saturated rings. The minimum atomic E-state index is 0.550. The second kappa shape index (κ2) is 6.30. The molecule has 3 nitrogen and oxygen atoms in total. The lowest BCUT2D eigenvalue weighted by Gasteiger charge is -2.26. The Kier molecular flexibility index (Phi) is 4.45. The summed E-state index contributed by atoms with van der Waals surface area (Å²) in [7, 11) is 0. The number of halogens is 1. The van der Waals surface area contributed by atoms with Crippen LogP contribution in [-0.4, -0.2) is 16.5 Å². The first-order valence-corrected chi connectivity index (χ1v) is 8.37. The Morgan fingerprint density at radius 1 is 1.15 bits per heavy atom. The summed E-state index contributed by atoms with van der Waals surface area (Å²) in [6.07, 6.45) is 9.24. The summed E-state index contributed by atoms with van der Waals surface area (Å²) in [6.45, 7) is 3.37. The Labute approximate surface area is 126 Å². The van der Waals surface area contributed by atoms with Crippen LogP contribution < -0.4 is 5.32 Å². The molecule has 1 aromatic rings. The average Bonchev–Trinajstić information content (AvgIpc) is 3.25. The zero-order valence-electron chi connectivity index (χ0n) is 12.2. The Morgan fingerprint density at radius 2 is 1.90 bits per heavy atom. The summed E-state index contributed by atoms with van der Waals surface area (Å²) in [4.78, 5) is 8.90. The average molecular weight is 294 g/mol. The summed E-state index contributed by atoms with van der Waals surface area (Å²) in [6, 6.07) is 1.84. The van der Waals surface area contributed by atoms with Crippen LogP contribution in [0.25, 0.3) is 0 Å². The van der Waals surface area contributed by atoms with E-state index in [0.717, 1.165) is 30.0 Å². The fourth-order valence-corrected chi connectivity index (χ4v) is 3.26.